The van der Waals surface area contributed by atoms with E-state index in [2.05, 4.69) is 28.6 Å². The Balaban J connectivity index is 1.84. The van der Waals surface area contributed by atoms with Gasteiger partial charge in [-0.3, -0.25) is 9.89 Å². The van der Waals surface area contributed by atoms with Crippen LogP contribution in [-0.4, -0.2) is 54.5 Å². The van der Waals surface area contributed by atoms with Gasteiger partial charge < -0.3 is 10.6 Å². The zero-order chi connectivity index (χ0) is 13.7. The fourth-order valence-corrected chi connectivity index (χ4v) is 3.31. The van der Waals surface area contributed by atoms with E-state index in [0.29, 0.717) is 6.04 Å². The number of nitrogens with two attached hydrogens (primary N) is 1. The maximum Gasteiger partial charge on any atom is 0.191 e. The molecule has 2 atom stereocenters. The first-order chi connectivity index (χ1) is 9.20. The lowest BCUT2D eigenvalue weighted by Gasteiger charge is -2.32. The molecule has 0 aromatic carbocycles. The second kappa shape index (κ2) is 7.13. The normalized spacial score (nSPS) is 27.8. The Morgan fingerprint density at radius 3 is 2.63 bits per heavy atom. The van der Waals surface area contributed by atoms with E-state index >= 15 is 0 Å². The van der Waals surface area contributed by atoms with Gasteiger partial charge in [0.05, 0.1) is 6.54 Å². The zero-order valence-corrected chi connectivity index (χ0v) is 12.6. The van der Waals surface area contributed by atoms with Crippen molar-refractivity contribution in [3.63, 3.8) is 0 Å². The van der Waals surface area contributed by atoms with Gasteiger partial charge in [-0.05, 0) is 51.1 Å². The number of likely N-dealkylation sites (tertiary alicyclic amines) is 2. The first-order valence-corrected chi connectivity index (χ1v) is 7.99. The van der Waals surface area contributed by atoms with E-state index < -0.39 is 0 Å². The van der Waals surface area contributed by atoms with Crippen molar-refractivity contribution < 1.29 is 0 Å². The number of hydrogen-bond donors (Lipinski definition) is 1. The van der Waals surface area contributed by atoms with E-state index in [0.717, 1.165) is 31.5 Å². The lowest BCUT2D eigenvalue weighted by atomic mass is 10.0. The third kappa shape index (κ3) is 4.10. The molecule has 0 saturated carbocycles. The van der Waals surface area contributed by atoms with Gasteiger partial charge >= 0.3 is 0 Å². The number of hydrogen-bond acceptors (Lipinski definition) is 2. The minimum absolute atomic E-state index is 0.586. The highest BCUT2D eigenvalue weighted by atomic mass is 15.3. The topological polar surface area (TPSA) is 44.9 Å². The number of rotatable bonds is 4. The molecular formula is C15H30N4. The molecule has 0 aromatic heterocycles. The zero-order valence-electron chi connectivity index (χ0n) is 12.6. The van der Waals surface area contributed by atoms with Gasteiger partial charge in [0, 0.05) is 19.1 Å². The highest BCUT2D eigenvalue weighted by Gasteiger charge is 2.21. The summed E-state index contributed by atoms with van der Waals surface area (Å²) in [6.07, 6.45) is 6.45. The van der Waals surface area contributed by atoms with Crippen LogP contribution in [0.1, 0.15) is 46.0 Å². The Morgan fingerprint density at radius 2 is 2.00 bits per heavy atom. The second-order valence-electron chi connectivity index (χ2n) is 6.20. The van der Waals surface area contributed by atoms with Crippen LogP contribution in [-0.2, 0) is 0 Å². The van der Waals surface area contributed by atoms with Crippen molar-refractivity contribution in [2.45, 2.75) is 52.0 Å². The first-order valence-electron chi connectivity index (χ1n) is 7.99. The maximum atomic E-state index is 6.17. The minimum Gasteiger partial charge on any atom is -0.370 e. The Hall–Kier alpha value is -0.770. The average Bonchev–Trinajstić information content (AvgIpc) is 2.93. The number of nitrogens with zero attached hydrogens (tertiary/aromatic N) is 3. The molecule has 0 amide bonds. The van der Waals surface area contributed by atoms with Crippen LogP contribution in [0.2, 0.25) is 0 Å². The summed E-state index contributed by atoms with van der Waals surface area (Å²) in [5.74, 6) is 1.52. The lowest BCUT2D eigenvalue weighted by Crippen LogP contribution is -2.44. The quantitative estimate of drug-likeness (QED) is 0.624. The Morgan fingerprint density at radius 1 is 1.26 bits per heavy atom. The molecule has 2 heterocycles. The molecular weight excluding hydrogens is 236 g/mol. The molecule has 2 rings (SSSR count). The smallest absolute Gasteiger partial charge is 0.191 e. The van der Waals surface area contributed by atoms with Crippen LogP contribution in [0.25, 0.3) is 0 Å². The van der Waals surface area contributed by atoms with Gasteiger partial charge in [-0.1, -0.05) is 13.8 Å². The van der Waals surface area contributed by atoms with Crippen LogP contribution in [0.4, 0.5) is 0 Å². The maximum absolute atomic E-state index is 6.17. The van der Waals surface area contributed by atoms with Crippen molar-refractivity contribution in [1.29, 1.82) is 0 Å². The Bertz CT molecular complexity index is 297. The second-order valence-corrected chi connectivity index (χ2v) is 6.20. The van der Waals surface area contributed by atoms with Gasteiger partial charge in [-0.25, -0.2) is 0 Å². The van der Waals surface area contributed by atoms with Gasteiger partial charge in [0.15, 0.2) is 5.96 Å². The van der Waals surface area contributed by atoms with Gasteiger partial charge in [-0.15, -0.1) is 0 Å². The van der Waals surface area contributed by atoms with Gasteiger partial charge in [0.1, 0.15) is 0 Å². The van der Waals surface area contributed by atoms with E-state index in [1.807, 2.05) is 0 Å². The fourth-order valence-electron chi connectivity index (χ4n) is 3.31. The summed E-state index contributed by atoms with van der Waals surface area (Å²) in [5, 5.41) is 0. The summed E-state index contributed by atoms with van der Waals surface area (Å²) in [6.45, 7) is 10.1. The average molecular weight is 266 g/mol. The molecule has 4 nitrogen and oxygen atoms in total. The molecule has 110 valence electrons. The molecule has 2 aliphatic rings. The van der Waals surface area contributed by atoms with Crippen LogP contribution >= 0.6 is 0 Å². The number of piperidine rings is 1. The fraction of sp³-hybridized carbons (Fsp3) is 0.933. The molecule has 2 unspecified atom stereocenters. The van der Waals surface area contributed by atoms with Crippen molar-refractivity contribution >= 4 is 5.96 Å². The highest BCUT2D eigenvalue weighted by Crippen LogP contribution is 2.16. The summed E-state index contributed by atoms with van der Waals surface area (Å²) in [6, 6.07) is 0.586. The van der Waals surface area contributed by atoms with E-state index in [-0.39, 0.29) is 0 Å². The molecule has 2 saturated heterocycles. The third-order valence-electron chi connectivity index (χ3n) is 4.57. The molecule has 0 bridgehead atoms. The summed E-state index contributed by atoms with van der Waals surface area (Å²) < 4.78 is 0. The Kier molecular flexibility index (Phi) is 5.49. The Labute approximate surface area is 118 Å². The van der Waals surface area contributed by atoms with E-state index in [9.17, 15) is 0 Å². The van der Waals surface area contributed by atoms with Crippen molar-refractivity contribution in [2.24, 2.45) is 16.6 Å². The van der Waals surface area contributed by atoms with Gasteiger partial charge in [0.2, 0.25) is 0 Å². The largest absolute Gasteiger partial charge is 0.370 e. The molecule has 2 aliphatic heterocycles. The molecule has 0 aromatic rings. The van der Waals surface area contributed by atoms with Crippen molar-refractivity contribution in [3.8, 4) is 0 Å². The van der Waals surface area contributed by atoms with Gasteiger partial charge in [0.25, 0.3) is 0 Å². The van der Waals surface area contributed by atoms with Crippen molar-refractivity contribution in [3.05, 3.63) is 0 Å². The summed E-state index contributed by atoms with van der Waals surface area (Å²) >= 11 is 0. The molecule has 0 spiro atoms. The molecule has 19 heavy (non-hydrogen) atoms. The molecule has 0 aliphatic carbocycles. The predicted octanol–water partition coefficient (Wildman–Crippen LogP) is 1.91. The SMILES string of the molecule is CCC(CN=C(N)N1CCCC(C)C1)N1CCCC1. The molecule has 4 heteroatoms. The molecule has 2 N–H and O–H groups in total. The number of guanidine groups is 1. The monoisotopic (exact) mass is 266 g/mol. The molecule has 2 fully saturated rings. The van der Waals surface area contributed by atoms with Crippen LogP contribution in [0.15, 0.2) is 4.99 Å². The van der Waals surface area contributed by atoms with Crippen LogP contribution in [0.3, 0.4) is 0 Å². The third-order valence-corrected chi connectivity index (χ3v) is 4.57. The van der Waals surface area contributed by atoms with Crippen molar-refractivity contribution in [2.75, 3.05) is 32.7 Å². The summed E-state index contributed by atoms with van der Waals surface area (Å²) in [7, 11) is 0. The number of aliphatic imine (C=N–C) groups is 1. The minimum atomic E-state index is 0.586. The standard InChI is InChI=1S/C15H30N4/c1-3-14(18-8-4-5-9-18)11-17-15(16)19-10-6-7-13(2)12-19/h13-14H,3-12H2,1-2H3,(H2,16,17). The highest BCUT2D eigenvalue weighted by molar-refractivity contribution is 5.78. The van der Waals surface area contributed by atoms with Gasteiger partial charge in [-0.2, -0.15) is 0 Å². The summed E-state index contributed by atoms with van der Waals surface area (Å²) in [5.41, 5.74) is 6.17. The first kappa shape index (κ1) is 14.6. The van der Waals surface area contributed by atoms with E-state index in [1.54, 1.807) is 0 Å². The predicted molar refractivity (Wildman–Crippen MR) is 81.3 cm³/mol. The van der Waals surface area contributed by atoms with E-state index in [4.69, 9.17) is 5.73 Å². The summed E-state index contributed by atoms with van der Waals surface area (Å²) in [4.78, 5) is 9.52. The van der Waals surface area contributed by atoms with Crippen molar-refractivity contribution in [1.82, 2.24) is 9.80 Å². The van der Waals surface area contributed by atoms with E-state index in [1.165, 1.54) is 45.2 Å². The lowest BCUT2D eigenvalue weighted by molar-refractivity contribution is 0.239. The van der Waals surface area contributed by atoms with Crippen LogP contribution in [0, 0.1) is 5.92 Å². The van der Waals surface area contributed by atoms with Crippen LogP contribution in [0.5, 0.6) is 0 Å². The molecule has 0 radical (unpaired) electrons. The van der Waals surface area contributed by atoms with Crippen LogP contribution < -0.4 is 5.73 Å².